The van der Waals surface area contributed by atoms with E-state index in [1.165, 1.54) is 0 Å². The van der Waals surface area contributed by atoms with Gasteiger partial charge in [0.15, 0.2) is 5.75 Å². The van der Waals surface area contributed by atoms with Gasteiger partial charge in [0.1, 0.15) is 34.9 Å². The van der Waals surface area contributed by atoms with Crippen LogP contribution < -0.4 is 24.3 Å². The van der Waals surface area contributed by atoms with E-state index in [1.807, 2.05) is 92.6 Å². The van der Waals surface area contributed by atoms with Gasteiger partial charge in [-0.15, -0.1) is 0 Å². The lowest BCUT2D eigenvalue weighted by Gasteiger charge is -2.29. The lowest BCUT2D eigenvalue weighted by atomic mass is 10.1. The van der Waals surface area contributed by atoms with Crippen LogP contribution >= 0.6 is 0 Å². The summed E-state index contributed by atoms with van der Waals surface area (Å²) in [5.74, 6) is 6.02. The van der Waals surface area contributed by atoms with Gasteiger partial charge in [-0.3, -0.25) is 0 Å². The summed E-state index contributed by atoms with van der Waals surface area (Å²) >= 11 is 0. The highest BCUT2D eigenvalue weighted by Crippen LogP contribution is 2.42. The minimum atomic E-state index is 0.427. The molecule has 0 spiro atoms. The number of ether oxygens (including phenoxy) is 1. The van der Waals surface area contributed by atoms with Crippen LogP contribution in [0.25, 0.3) is 0 Å². The SMILES string of the molecule is CC[C@H](C)COc1c2cccc1N(C)c1cccc(n1)N(C)c1cccc(n1)N(C)c1cccc(n1)N2C. The van der Waals surface area contributed by atoms with Crippen LogP contribution in [0.15, 0.2) is 72.8 Å². The molecule has 4 aromatic rings. The molecule has 0 saturated heterocycles. The normalized spacial score (nSPS) is 13.9. The molecule has 8 bridgehead atoms. The average Bonchev–Trinajstić information content (AvgIpc) is 2.97. The third-order valence-corrected chi connectivity index (χ3v) is 7.13. The van der Waals surface area contributed by atoms with Gasteiger partial charge in [0.25, 0.3) is 0 Å². The summed E-state index contributed by atoms with van der Waals surface area (Å²) in [6.45, 7) is 5.01. The van der Waals surface area contributed by atoms with E-state index in [9.17, 15) is 0 Å². The van der Waals surface area contributed by atoms with Crippen molar-refractivity contribution in [2.24, 2.45) is 5.92 Å². The number of fused-ring (bicyclic) bond motifs is 8. The zero-order valence-electron chi connectivity index (χ0n) is 23.0. The molecule has 1 aliphatic heterocycles. The molecule has 5 rings (SSSR count). The van der Waals surface area contributed by atoms with E-state index >= 15 is 0 Å². The number of para-hydroxylation sites is 1. The number of aromatic nitrogens is 3. The van der Waals surface area contributed by atoms with Gasteiger partial charge in [0.05, 0.1) is 18.0 Å². The van der Waals surface area contributed by atoms with Crippen molar-refractivity contribution < 1.29 is 4.74 Å². The third-order valence-electron chi connectivity index (χ3n) is 7.13. The molecule has 0 N–H and O–H groups in total. The predicted molar refractivity (Wildman–Crippen MR) is 156 cm³/mol. The Morgan fingerprint density at radius 3 is 1.29 bits per heavy atom. The Morgan fingerprint density at radius 2 is 0.921 bits per heavy atom. The number of rotatable bonds is 4. The molecule has 1 atom stereocenters. The zero-order valence-corrected chi connectivity index (χ0v) is 23.0. The van der Waals surface area contributed by atoms with Gasteiger partial charge in [-0.2, -0.15) is 0 Å². The van der Waals surface area contributed by atoms with Crippen LogP contribution in [0, 0.1) is 5.92 Å². The Hall–Kier alpha value is -4.33. The highest BCUT2D eigenvalue weighted by Gasteiger charge is 2.22. The van der Waals surface area contributed by atoms with Gasteiger partial charge >= 0.3 is 0 Å². The first-order chi connectivity index (χ1) is 18.4. The quantitative estimate of drug-likeness (QED) is 0.302. The first-order valence-corrected chi connectivity index (χ1v) is 13.0. The number of nitrogens with zero attached hydrogens (tertiary/aromatic N) is 7. The summed E-state index contributed by atoms with van der Waals surface area (Å²) in [4.78, 5) is 23.1. The molecule has 0 radical (unpaired) electrons. The zero-order chi connectivity index (χ0) is 26.8. The largest absolute Gasteiger partial charge is 0.489 e. The van der Waals surface area contributed by atoms with Gasteiger partial charge in [-0.05, 0) is 54.4 Å². The molecule has 8 heteroatoms. The Labute approximate surface area is 225 Å². The van der Waals surface area contributed by atoms with Crippen LogP contribution in [0.2, 0.25) is 0 Å². The third kappa shape index (κ3) is 4.81. The fourth-order valence-corrected chi connectivity index (χ4v) is 4.37. The summed E-state index contributed by atoms with van der Waals surface area (Å²) in [6.07, 6.45) is 1.04. The Balaban J connectivity index is 1.72. The second-order valence-corrected chi connectivity index (χ2v) is 9.75. The minimum absolute atomic E-state index is 0.427. The number of hydrogen-bond donors (Lipinski definition) is 0. The Morgan fingerprint density at radius 1 is 0.579 bits per heavy atom. The number of anilines is 8. The fourth-order valence-electron chi connectivity index (χ4n) is 4.37. The average molecular weight is 510 g/mol. The summed E-state index contributed by atoms with van der Waals surface area (Å²) < 4.78 is 6.56. The van der Waals surface area contributed by atoms with Crippen LogP contribution in [0.4, 0.5) is 46.3 Å². The minimum Gasteiger partial charge on any atom is -0.489 e. The van der Waals surface area contributed by atoms with Crippen LogP contribution in [0.1, 0.15) is 20.3 Å². The molecule has 0 unspecified atom stereocenters. The van der Waals surface area contributed by atoms with Gasteiger partial charge in [-0.25, -0.2) is 15.0 Å². The lowest BCUT2D eigenvalue weighted by Crippen LogP contribution is -2.21. The van der Waals surface area contributed by atoms with Crippen molar-refractivity contribution in [3.05, 3.63) is 72.8 Å². The highest BCUT2D eigenvalue weighted by molar-refractivity contribution is 5.80. The predicted octanol–water partition coefficient (Wildman–Crippen LogP) is 6.68. The molecule has 1 aliphatic rings. The summed E-state index contributed by atoms with van der Waals surface area (Å²) in [5.41, 5.74) is 1.87. The second-order valence-electron chi connectivity index (χ2n) is 9.75. The summed E-state index contributed by atoms with van der Waals surface area (Å²) in [5, 5.41) is 0. The van der Waals surface area contributed by atoms with Crippen LogP contribution in [0.3, 0.4) is 0 Å². The van der Waals surface area contributed by atoms with E-state index in [0.717, 1.165) is 58.5 Å². The summed E-state index contributed by atoms with van der Waals surface area (Å²) in [6, 6.07) is 24.2. The lowest BCUT2D eigenvalue weighted by molar-refractivity contribution is 0.258. The van der Waals surface area contributed by atoms with Crippen molar-refractivity contribution >= 4 is 46.3 Å². The number of hydrogen-bond acceptors (Lipinski definition) is 8. The van der Waals surface area contributed by atoms with Crippen molar-refractivity contribution in [2.45, 2.75) is 20.3 Å². The Bertz CT molecular complexity index is 1330. The second kappa shape index (κ2) is 10.6. The van der Waals surface area contributed by atoms with Crippen LogP contribution in [-0.4, -0.2) is 49.7 Å². The van der Waals surface area contributed by atoms with Gasteiger partial charge in [0.2, 0.25) is 0 Å². The first-order valence-electron chi connectivity index (χ1n) is 13.0. The topological polar surface area (TPSA) is 60.9 Å². The van der Waals surface area contributed by atoms with Gasteiger partial charge in [0, 0.05) is 28.2 Å². The molecule has 196 valence electrons. The standard InChI is InChI=1S/C30H35N7O/c1-7-21(2)20-38-30-22-12-8-13-23(30)35(4)25-15-10-17-27(32-25)37(6)29-19-11-18-28(33-29)36(5)26-16-9-14-24(31-26)34(22)3/h8-19,21H,7,20H2,1-6H3/t21-/m0/s1. The maximum Gasteiger partial charge on any atom is 0.166 e. The van der Waals surface area contributed by atoms with E-state index in [2.05, 4.69) is 41.8 Å². The summed E-state index contributed by atoms with van der Waals surface area (Å²) in [7, 11) is 8.02. The molecule has 1 aromatic carbocycles. The van der Waals surface area contributed by atoms with E-state index in [4.69, 9.17) is 19.7 Å². The van der Waals surface area contributed by atoms with Crippen molar-refractivity contribution in [1.82, 2.24) is 15.0 Å². The molecule has 0 amide bonds. The highest BCUT2D eigenvalue weighted by atomic mass is 16.5. The number of benzene rings is 1. The monoisotopic (exact) mass is 509 g/mol. The van der Waals surface area contributed by atoms with Crippen molar-refractivity contribution in [2.75, 3.05) is 54.4 Å². The van der Waals surface area contributed by atoms with E-state index in [0.29, 0.717) is 12.5 Å². The molecule has 4 heterocycles. The van der Waals surface area contributed by atoms with Crippen LogP contribution in [-0.2, 0) is 0 Å². The maximum atomic E-state index is 6.56. The van der Waals surface area contributed by atoms with Crippen LogP contribution in [0.5, 0.6) is 5.75 Å². The molecule has 0 saturated carbocycles. The molecule has 0 aliphatic carbocycles. The van der Waals surface area contributed by atoms with E-state index < -0.39 is 0 Å². The molecule has 8 nitrogen and oxygen atoms in total. The van der Waals surface area contributed by atoms with Gasteiger partial charge < -0.3 is 24.3 Å². The molecule has 38 heavy (non-hydrogen) atoms. The van der Waals surface area contributed by atoms with Gasteiger partial charge in [-0.1, -0.05) is 44.5 Å². The first kappa shape index (κ1) is 25.3. The molecule has 0 fully saturated rings. The molecular formula is C30H35N7O. The van der Waals surface area contributed by atoms with E-state index in [1.54, 1.807) is 0 Å². The molecular weight excluding hydrogens is 474 g/mol. The van der Waals surface area contributed by atoms with Crippen molar-refractivity contribution in [3.8, 4) is 5.75 Å². The van der Waals surface area contributed by atoms with Crippen molar-refractivity contribution in [1.29, 1.82) is 0 Å². The van der Waals surface area contributed by atoms with E-state index in [-0.39, 0.29) is 0 Å². The Kier molecular flexibility index (Phi) is 7.05. The fraction of sp³-hybridized carbons (Fsp3) is 0.300. The number of pyridine rings is 3. The maximum absolute atomic E-state index is 6.56. The smallest absolute Gasteiger partial charge is 0.166 e. The molecule has 3 aromatic heterocycles. The van der Waals surface area contributed by atoms with Crippen molar-refractivity contribution in [3.63, 3.8) is 0 Å².